The van der Waals surface area contributed by atoms with Gasteiger partial charge < -0.3 is 4.57 Å². The molecule has 0 amide bonds. The van der Waals surface area contributed by atoms with E-state index >= 15 is 0 Å². The summed E-state index contributed by atoms with van der Waals surface area (Å²) in [6.07, 6.45) is 3.29. The first-order valence-electron chi connectivity index (χ1n) is 4.76. The van der Waals surface area contributed by atoms with Gasteiger partial charge in [0.05, 0.1) is 11.0 Å². The van der Waals surface area contributed by atoms with Crippen LogP contribution < -0.4 is 5.30 Å². The zero-order valence-electron chi connectivity index (χ0n) is 9.06. The van der Waals surface area contributed by atoms with Gasteiger partial charge in [0.2, 0.25) is 0 Å². The van der Waals surface area contributed by atoms with Crippen molar-refractivity contribution < 1.29 is 4.57 Å². The first kappa shape index (κ1) is 10.3. The summed E-state index contributed by atoms with van der Waals surface area (Å²) in [7, 11) is -2.30. The van der Waals surface area contributed by atoms with E-state index in [-0.39, 0.29) is 0 Å². The molecule has 1 aromatic carbocycles. The third-order valence-electron chi connectivity index (χ3n) is 2.35. The van der Waals surface area contributed by atoms with E-state index in [1.165, 1.54) is 0 Å². The van der Waals surface area contributed by atoms with Gasteiger partial charge in [-0.15, -0.1) is 0 Å². The van der Waals surface area contributed by atoms with E-state index in [9.17, 15) is 4.57 Å². The van der Waals surface area contributed by atoms with E-state index in [4.69, 9.17) is 0 Å². The second-order valence-electron chi connectivity index (χ2n) is 4.01. The van der Waals surface area contributed by atoms with Gasteiger partial charge in [0.15, 0.2) is 0 Å². The van der Waals surface area contributed by atoms with Gasteiger partial charge in [0.25, 0.3) is 0 Å². The molecule has 0 fully saturated rings. The minimum atomic E-state index is -2.30. The average Bonchev–Trinajstić information content (AvgIpc) is 2.15. The van der Waals surface area contributed by atoms with E-state index in [2.05, 4.69) is 9.97 Å². The van der Waals surface area contributed by atoms with Crippen LogP contribution >= 0.6 is 7.14 Å². The Morgan fingerprint density at radius 2 is 1.80 bits per heavy atom. The summed E-state index contributed by atoms with van der Waals surface area (Å²) in [5.41, 5.74) is 2.60. The van der Waals surface area contributed by atoms with Crippen molar-refractivity contribution in [2.45, 2.75) is 6.92 Å². The molecule has 2 rings (SSSR count). The number of hydrogen-bond donors (Lipinski definition) is 0. The van der Waals surface area contributed by atoms with E-state index in [1.54, 1.807) is 25.7 Å². The molecule has 1 aromatic heterocycles. The van der Waals surface area contributed by atoms with Crippen LogP contribution in [0.2, 0.25) is 0 Å². The lowest BCUT2D eigenvalue weighted by atomic mass is 10.2. The van der Waals surface area contributed by atoms with Crippen LogP contribution in [0, 0.1) is 6.92 Å². The van der Waals surface area contributed by atoms with Gasteiger partial charge >= 0.3 is 0 Å². The fraction of sp³-hybridized carbons (Fsp3) is 0.273. The molecule has 0 saturated heterocycles. The molecule has 0 N–H and O–H groups in total. The van der Waals surface area contributed by atoms with Crippen molar-refractivity contribution in [3.63, 3.8) is 0 Å². The Labute approximate surface area is 88.9 Å². The predicted molar refractivity (Wildman–Crippen MR) is 63.4 cm³/mol. The van der Waals surface area contributed by atoms with Crippen LogP contribution in [0.15, 0.2) is 24.5 Å². The van der Waals surface area contributed by atoms with Crippen LogP contribution in [0.3, 0.4) is 0 Å². The molecule has 2 aromatic rings. The SMILES string of the molecule is Cc1ccc2nccnc2c1P(C)(C)=O. The number of hydrogen-bond acceptors (Lipinski definition) is 3. The summed E-state index contributed by atoms with van der Waals surface area (Å²) >= 11 is 0. The second kappa shape index (κ2) is 3.42. The largest absolute Gasteiger partial charge is 0.319 e. The van der Waals surface area contributed by atoms with Gasteiger partial charge in [-0.1, -0.05) is 6.07 Å². The van der Waals surface area contributed by atoms with Crippen LogP contribution in [0.25, 0.3) is 11.0 Å². The van der Waals surface area contributed by atoms with Crippen LogP contribution in [0.4, 0.5) is 0 Å². The average molecular weight is 220 g/mol. The van der Waals surface area contributed by atoms with E-state index in [0.29, 0.717) is 0 Å². The Balaban J connectivity index is 2.92. The molecule has 15 heavy (non-hydrogen) atoms. The molecule has 0 saturated carbocycles. The summed E-state index contributed by atoms with van der Waals surface area (Å²) in [6.45, 7) is 5.50. The molecule has 0 aliphatic heterocycles. The number of rotatable bonds is 1. The van der Waals surface area contributed by atoms with E-state index in [0.717, 1.165) is 21.9 Å². The third kappa shape index (κ3) is 1.80. The highest BCUT2D eigenvalue weighted by atomic mass is 31.2. The molecule has 0 aliphatic rings. The van der Waals surface area contributed by atoms with Crippen molar-refractivity contribution in [1.82, 2.24) is 9.97 Å². The van der Waals surface area contributed by atoms with Crippen molar-refractivity contribution in [2.24, 2.45) is 0 Å². The minimum absolute atomic E-state index is 0.769. The molecule has 0 bridgehead atoms. The van der Waals surface area contributed by atoms with E-state index in [1.807, 2.05) is 19.1 Å². The second-order valence-corrected chi connectivity index (χ2v) is 7.15. The first-order chi connectivity index (χ1) is 7.00. The van der Waals surface area contributed by atoms with Gasteiger partial charge in [-0.2, -0.15) is 0 Å². The van der Waals surface area contributed by atoms with Crippen molar-refractivity contribution in [3.8, 4) is 0 Å². The first-order valence-corrected chi connectivity index (χ1v) is 7.36. The van der Waals surface area contributed by atoms with Crippen molar-refractivity contribution in [1.29, 1.82) is 0 Å². The van der Waals surface area contributed by atoms with Crippen LogP contribution in [0.5, 0.6) is 0 Å². The number of aryl methyl sites for hydroxylation is 1. The lowest BCUT2D eigenvalue weighted by Gasteiger charge is -2.12. The van der Waals surface area contributed by atoms with E-state index < -0.39 is 7.14 Å². The molecule has 1 heterocycles. The highest BCUT2D eigenvalue weighted by Crippen LogP contribution is 2.38. The molecule has 0 spiro atoms. The highest BCUT2D eigenvalue weighted by molar-refractivity contribution is 7.70. The quantitative estimate of drug-likeness (QED) is 0.692. The Morgan fingerprint density at radius 1 is 1.13 bits per heavy atom. The lowest BCUT2D eigenvalue weighted by Crippen LogP contribution is -2.10. The Kier molecular flexibility index (Phi) is 2.35. The maximum atomic E-state index is 12.2. The van der Waals surface area contributed by atoms with Crippen LogP contribution in [-0.4, -0.2) is 23.3 Å². The molecular weight excluding hydrogens is 207 g/mol. The molecule has 78 valence electrons. The van der Waals surface area contributed by atoms with Crippen molar-refractivity contribution >= 4 is 23.5 Å². The van der Waals surface area contributed by atoms with Crippen molar-refractivity contribution in [2.75, 3.05) is 13.3 Å². The summed E-state index contributed by atoms with van der Waals surface area (Å²) in [5.74, 6) is 0. The number of fused-ring (bicyclic) bond motifs is 1. The number of aromatic nitrogens is 2. The summed E-state index contributed by atoms with van der Waals surface area (Å²) < 4.78 is 12.2. The molecule has 0 radical (unpaired) electrons. The normalized spacial score (nSPS) is 11.9. The number of benzene rings is 1. The fourth-order valence-corrected chi connectivity index (χ4v) is 3.41. The highest BCUT2D eigenvalue weighted by Gasteiger charge is 2.18. The lowest BCUT2D eigenvalue weighted by molar-refractivity contribution is 0.588. The fourth-order valence-electron chi connectivity index (χ4n) is 1.80. The Bertz CT molecular complexity index is 560. The maximum absolute atomic E-state index is 12.2. The molecule has 0 unspecified atom stereocenters. The van der Waals surface area contributed by atoms with Gasteiger partial charge in [-0.25, -0.2) is 0 Å². The third-order valence-corrected chi connectivity index (χ3v) is 4.00. The van der Waals surface area contributed by atoms with Gasteiger partial charge in [0, 0.05) is 17.7 Å². The molecule has 4 heteroatoms. The molecular formula is C11H13N2OP. The van der Waals surface area contributed by atoms with Gasteiger partial charge in [0.1, 0.15) is 7.14 Å². The van der Waals surface area contributed by atoms with Crippen LogP contribution in [0.1, 0.15) is 5.56 Å². The minimum Gasteiger partial charge on any atom is -0.319 e. The monoisotopic (exact) mass is 220 g/mol. The summed E-state index contributed by atoms with van der Waals surface area (Å²) in [6, 6.07) is 3.86. The zero-order valence-corrected chi connectivity index (χ0v) is 9.95. The molecule has 3 nitrogen and oxygen atoms in total. The molecule has 0 atom stereocenters. The maximum Gasteiger partial charge on any atom is 0.112 e. The standard InChI is InChI=1S/C11H13N2OP/c1-8-4-5-9-10(13-7-6-12-9)11(8)15(2,3)14/h4-7H,1-3H3. The zero-order chi connectivity index (χ0) is 11.1. The topological polar surface area (TPSA) is 42.9 Å². The van der Waals surface area contributed by atoms with Crippen molar-refractivity contribution in [3.05, 3.63) is 30.1 Å². The Hall–Kier alpha value is -1.21. The van der Waals surface area contributed by atoms with Gasteiger partial charge in [-0.3, -0.25) is 9.97 Å². The Morgan fingerprint density at radius 3 is 2.47 bits per heavy atom. The smallest absolute Gasteiger partial charge is 0.112 e. The predicted octanol–water partition coefficient (Wildman–Crippen LogP) is 2.19. The summed E-state index contributed by atoms with van der Waals surface area (Å²) in [5, 5.41) is 0.855. The van der Waals surface area contributed by atoms with Gasteiger partial charge in [-0.05, 0) is 31.9 Å². The number of nitrogens with zero attached hydrogens (tertiary/aromatic N) is 2. The summed E-state index contributed by atoms with van der Waals surface area (Å²) in [4.78, 5) is 8.49. The molecule has 0 aliphatic carbocycles. The van der Waals surface area contributed by atoms with Crippen LogP contribution in [-0.2, 0) is 4.57 Å².